The van der Waals surface area contributed by atoms with E-state index in [1.807, 2.05) is 13.0 Å². The predicted octanol–water partition coefficient (Wildman–Crippen LogP) is -0.476. The molecule has 0 amide bonds. The third-order valence-corrected chi connectivity index (χ3v) is 3.39. The zero-order valence-electron chi connectivity index (χ0n) is 10.5. The van der Waals surface area contributed by atoms with Crippen LogP contribution in [0.4, 0.5) is 5.82 Å². The van der Waals surface area contributed by atoms with Gasteiger partial charge in [0.15, 0.2) is 5.65 Å². The summed E-state index contributed by atoms with van der Waals surface area (Å²) in [6, 6.07) is 2.34. The van der Waals surface area contributed by atoms with Gasteiger partial charge in [-0.25, -0.2) is 19.3 Å². The number of aryl methyl sites for hydroxylation is 1. The maximum Gasteiger partial charge on any atom is 0.349 e. The second-order valence-electron chi connectivity index (χ2n) is 4.48. The van der Waals surface area contributed by atoms with Gasteiger partial charge in [-0.2, -0.15) is 5.10 Å². The molecule has 1 aliphatic heterocycles. The van der Waals surface area contributed by atoms with Crippen molar-refractivity contribution in [2.75, 3.05) is 24.5 Å². The molecule has 0 aromatic carbocycles. The van der Waals surface area contributed by atoms with E-state index in [0.29, 0.717) is 17.5 Å². The third kappa shape index (κ3) is 1.59. The maximum absolute atomic E-state index is 11.5. The minimum atomic E-state index is -0.241. The maximum atomic E-state index is 11.5. The molecule has 0 spiro atoms. The minimum Gasteiger partial charge on any atom is -0.351 e. The molecule has 1 saturated heterocycles. The Morgan fingerprint density at radius 3 is 2.94 bits per heavy atom. The summed E-state index contributed by atoms with van der Waals surface area (Å²) in [5, 5.41) is 9.70. The van der Waals surface area contributed by atoms with Gasteiger partial charge >= 0.3 is 5.69 Å². The fraction of sp³-hybridized carbons (Fsp3) is 0.545. The van der Waals surface area contributed by atoms with E-state index in [1.54, 1.807) is 0 Å². The van der Waals surface area contributed by atoms with E-state index in [9.17, 15) is 4.79 Å². The van der Waals surface area contributed by atoms with Crippen molar-refractivity contribution in [3.05, 3.63) is 22.4 Å². The van der Waals surface area contributed by atoms with Gasteiger partial charge in [-0.1, -0.05) is 0 Å². The van der Waals surface area contributed by atoms with Gasteiger partial charge in [-0.15, -0.1) is 0 Å². The number of nitrogens with one attached hydrogen (secondary N) is 2. The van der Waals surface area contributed by atoms with Gasteiger partial charge < -0.3 is 10.2 Å². The van der Waals surface area contributed by atoms with E-state index in [4.69, 9.17) is 0 Å². The van der Waals surface area contributed by atoms with Crippen LogP contribution in [0, 0.1) is 6.92 Å². The topological polar surface area (TPSA) is 78.3 Å². The largest absolute Gasteiger partial charge is 0.351 e. The Bertz CT molecular complexity index is 626. The van der Waals surface area contributed by atoms with Crippen LogP contribution in [0.15, 0.2) is 10.9 Å². The molecule has 0 aliphatic carbocycles. The molecule has 0 bridgehead atoms. The number of hydrogen-bond donors (Lipinski definition) is 2. The molecule has 2 aromatic rings. The van der Waals surface area contributed by atoms with Gasteiger partial charge in [-0.3, -0.25) is 0 Å². The highest BCUT2D eigenvalue weighted by Gasteiger charge is 2.25. The zero-order valence-corrected chi connectivity index (χ0v) is 10.5. The molecule has 0 saturated carbocycles. The van der Waals surface area contributed by atoms with Crippen molar-refractivity contribution < 1.29 is 0 Å². The van der Waals surface area contributed by atoms with Crippen molar-refractivity contribution in [2.45, 2.75) is 19.9 Å². The number of likely N-dealkylation sites (N-methyl/N-ethyl adjacent to an activating group) is 1. The fourth-order valence-corrected chi connectivity index (χ4v) is 2.33. The summed E-state index contributed by atoms with van der Waals surface area (Å²) < 4.78 is 1.48. The molecule has 0 radical (unpaired) electrons. The van der Waals surface area contributed by atoms with Crippen LogP contribution in [0.3, 0.4) is 0 Å². The first-order valence-electron chi connectivity index (χ1n) is 6.13. The van der Waals surface area contributed by atoms with Gasteiger partial charge in [0.2, 0.25) is 0 Å². The van der Waals surface area contributed by atoms with Gasteiger partial charge in [0.05, 0.1) is 6.04 Å². The molecule has 2 N–H and O–H groups in total. The van der Waals surface area contributed by atoms with E-state index in [2.05, 4.69) is 32.3 Å². The van der Waals surface area contributed by atoms with Gasteiger partial charge in [-0.05, 0) is 13.8 Å². The minimum absolute atomic E-state index is 0.241. The summed E-state index contributed by atoms with van der Waals surface area (Å²) in [5.74, 6) is 1.54. The molecule has 3 rings (SSSR count). The molecular weight excluding hydrogens is 232 g/mol. The number of rotatable bonds is 3. The molecule has 2 aromatic heterocycles. The average Bonchev–Trinajstić information content (AvgIpc) is 2.65. The number of nitrogens with zero attached hydrogens (tertiary/aromatic N) is 4. The van der Waals surface area contributed by atoms with Crippen LogP contribution in [-0.2, 0) is 0 Å². The average molecular weight is 248 g/mol. The summed E-state index contributed by atoms with van der Waals surface area (Å²) in [6.07, 6.45) is 0. The molecule has 7 heteroatoms. The Morgan fingerprint density at radius 2 is 2.33 bits per heavy atom. The zero-order chi connectivity index (χ0) is 12.7. The Hall–Kier alpha value is -1.89. The van der Waals surface area contributed by atoms with Crippen molar-refractivity contribution in [2.24, 2.45) is 0 Å². The highest BCUT2D eigenvalue weighted by Crippen LogP contribution is 2.18. The van der Waals surface area contributed by atoms with Crippen LogP contribution in [-0.4, -0.2) is 45.3 Å². The van der Waals surface area contributed by atoms with Crippen LogP contribution >= 0.6 is 0 Å². The summed E-state index contributed by atoms with van der Waals surface area (Å²) in [6.45, 7) is 6.78. The summed E-state index contributed by atoms with van der Waals surface area (Å²) in [4.78, 5) is 18.3. The number of hydrogen-bond acceptors (Lipinski definition) is 5. The van der Waals surface area contributed by atoms with Crippen molar-refractivity contribution in [3.63, 3.8) is 0 Å². The number of H-pyrrole nitrogens is 1. The first-order valence-corrected chi connectivity index (χ1v) is 6.13. The second kappa shape index (κ2) is 4.09. The SMILES string of the molecule is CCN(c1cc2n[nH]c(=O)n2c(C)n1)C1CNC1. The van der Waals surface area contributed by atoms with Crippen molar-refractivity contribution in [1.29, 1.82) is 0 Å². The lowest BCUT2D eigenvalue weighted by Crippen LogP contribution is -2.57. The first-order chi connectivity index (χ1) is 8.70. The number of aromatic nitrogens is 4. The number of anilines is 1. The summed E-state index contributed by atoms with van der Waals surface area (Å²) in [5.41, 5.74) is 0.378. The second-order valence-corrected chi connectivity index (χ2v) is 4.48. The number of fused-ring (bicyclic) bond motifs is 1. The quantitative estimate of drug-likeness (QED) is 0.767. The summed E-state index contributed by atoms with van der Waals surface area (Å²) >= 11 is 0. The lowest BCUT2D eigenvalue weighted by Gasteiger charge is -2.38. The van der Waals surface area contributed by atoms with Gasteiger partial charge in [0, 0.05) is 25.7 Å². The molecular formula is C11H16N6O. The molecule has 0 atom stereocenters. The van der Waals surface area contributed by atoms with E-state index < -0.39 is 0 Å². The van der Waals surface area contributed by atoms with Crippen LogP contribution in [0.5, 0.6) is 0 Å². The first kappa shape index (κ1) is 11.2. The van der Waals surface area contributed by atoms with Gasteiger partial charge in [0.25, 0.3) is 0 Å². The monoisotopic (exact) mass is 248 g/mol. The third-order valence-electron chi connectivity index (χ3n) is 3.39. The van der Waals surface area contributed by atoms with Gasteiger partial charge in [0.1, 0.15) is 11.6 Å². The standard InChI is InChI=1S/C11H16N6O/c1-3-16(8-5-12-6-8)9-4-10-14-15-11(18)17(10)7(2)13-9/h4,8,12H,3,5-6H2,1-2H3,(H,15,18). The predicted molar refractivity (Wildman–Crippen MR) is 68.0 cm³/mol. The van der Waals surface area contributed by atoms with Crippen LogP contribution in [0.1, 0.15) is 12.7 Å². The highest BCUT2D eigenvalue weighted by molar-refractivity contribution is 5.52. The molecule has 96 valence electrons. The summed E-state index contributed by atoms with van der Waals surface area (Å²) in [7, 11) is 0. The Labute approximate surface area is 104 Å². The molecule has 1 fully saturated rings. The van der Waals surface area contributed by atoms with Crippen molar-refractivity contribution >= 4 is 11.5 Å². The smallest absolute Gasteiger partial charge is 0.349 e. The Morgan fingerprint density at radius 1 is 1.56 bits per heavy atom. The molecule has 7 nitrogen and oxygen atoms in total. The van der Waals surface area contributed by atoms with E-state index >= 15 is 0 Å². The van der Waals surface area contributed by atoms with Crippen LogP contribution in [0.25, 0.3) is 5.65 Å². The Balaban J connectivity index is 2.08. The lowest BCUT2D eigenvalue weighted by atomic mass is 10.1. The van der Waals surface area contributed by atoms with E-state index in [1.165, 1.54) is 4.40 Å². The van der Waals surface area contributed by atoms with Crippen molar-refractivity contribution in [1.82, 2.24) is 24.9 Å². The number of aromatic amines is 1. The van der Waals surface area contributed by atoms with Crippen LogP contribution < -0.4 is 15.9 Å². The Kier molecular flexibility index (Phi) is 2.55. The van der Waals surface area contributed by atoms with Crippen molar-refractivity contribution in [3.8, 4) is 0 Å². The molecule has 0 unspecified atom stereocenters. The lowest BCUT2D eigenvalue weighted by molar-refractivity contribution is 0.415. The van der Waals surface area contributed by atoms with Crippen LogP contribution in [0.2, 0.25) is 0 Å². The highest BCUT2D eigenvalue weighted by atomic mass is 16.1. The van der Waals surface area contributed by atoms with E-state index in [-0.39, 0.29) is 5.69 Å². The molecule has 3 heterocycles. The molecule has 1 aliphatic rings. The normalized spacial score (nSPS) is 15.9. The molecule has 18 heavy (non-hydrogen) atoms. The van der Waals surface area contributed by atoms with E-state index in [0.717, 1.165) is 25.5 Å². The fourth-order valence-electron chi connectivity index (χ4n) is 2.33.